The molecule has 1 aromatic heterocycles. The Labute approximate surface area is 196 Å². The van der Waals surface area contributed by atoms with Crippen molar-refractivity contribution in [3.63, 3.8) is 0 Å². The van der Waals surface area contributed by atoms with Gasteiger partial charge in [-0.25, -0.2) is 13.4 Å². The number of aromatic hydroxyl groups is 1. The second kappa shape index (κ2) is 8.03. The molecule has 12 nitrogen and oxygen atoms in total. The Morgan fingerprint density at radius 3 is 2.21 bits per heavy atom. The largest absolute Gasteiger partial charge is 0.505 e. The molecular formula is C18H13N3O9S4. The van der Waals surface area contributed by atoms with E-state index in [1.807, 2.05) is 0 Å². The second-order valence-electron chi connectivity index (χ2n) is 7.01. The number of azo groups is 1. The maximum Gasteiger partial charge on any atom is 0.296 e. The molecule has 0 unspecified atom stereocenters. The van der Waals surface area contributed by atoms with Gasteiger partial charge in [0.25, 0.3) is 20.2 Å². The third-order valence-electron chi connectivity index (χ3n) is 4.53. The van der Waals surface area contributed by atoms with E-state index in [1.54, 1.807) is 0 Å². The second-order valence-corrected chi connectivity index (χ2v) is 13.0. The van der Waals surface area contributed by atoms with Crippen LogP contribution in [0.4, 0.5) is 11.4 Å². The summed E-state index contributed by atoms with van der Waals surface area (Å²) in [5, 5.41) is 18.1. The molecule has 1 heterocycles. The number of phenolic OH excluding ortho intramolecular Hbond substituents is 1. The molecule has 0 atom stereocenters. The van der Waals surface area contributed by atoms with Gasteiger partial charge in [-0.2, -0.15) is 21.9 Å². The third-order valence-corrected chi connectivity index (χ3v) is 8.95. The first-order valence-corrected chi connectivity index (χ1v) is 14.5. The molecule has 0 aliphatic carbocycles. The number of fused-ring (bicyclic) bond motifs is 2. The number of hydrogen-bond donors (Lipinski definition) is 3. The zero-order chi connectivity index (χ0) is 25.1. The van der Waals surface area contributed by atoms with Gasteiger partial charge in [0.2, 0.25) is 14.2 Å². The fourth-order valence-electron chi connectivity index (χ4n) is 3.00. The lowest BCUT2D eigenvalue weighted by Gasteiger charge is -2.09. The summed E-state index contributed by atoms with van der Waals surface area (Å²) in [5.74, 6) is -0.714. The standard InChI is InChI=1S/C18H13N3O9S4/c1-32(23,24)18-19-13-5-2-10(8-14(13)31-18)20-21-16-15(34(28,29)30)7-9-6-11(33(25,26)27)3-4-12(9)17(16)22/h2-8,22H,1H3,(H,25,26,27)(H,28,29,30). The van der Waals surface area contributed by atoms with Crippen LogP contribution in [0.15, 0.2) is 66.8 Å². The smallest absolute Gasteiger partial charge is 0.296 e. The van der Waals surface area contributed by atoms with E-state index < -0.39 is 51.3 Å². The van der Waals surface area contributed by atoms with Gasteiger partial charge in [-0.1, -0.05) is 0 Å². The van der Waals surface area contributed by atoms with Gasteiger partial charge in [-0.15, -0.1) is 16.5 Å². The predicted octanol–water partition coefficient (Wildman–Crippen LogP) is 3.47. The zero-order valence-electron chi connectivity index (χ0n) is 16.8. The molecule has 0 aliphatic heterocycles. The summed E-state index contributed by atoms with van der Waals surface area (Å²) < 4.78 is 89.2. The van der Waals surface area contributed by atoms with Crippen LogP contribution in [0.2, 0.25) is 0 Å². The van der Waals surface area contributed by atoms with E-state index in [2.05, 4.69) is 15.2 Å². The molecule has 4 aromatic rings. The van der Waals surface area contributed by atoms with Crippen molar-refractivity contribution in [2.75, 3.05) is 6.26 Å². The average Bonchev–Trinajstić information content (AvgIpc) is 3.15. The molecule has 178 valence electrons. The van der Waals surface area contributed by atoms with E-state index >= 15 is 0 Å². The van der Waals surface area contributed by atoms with Crippen LogP contribution < -0.4 is 0 Å². The van der Waals surface area contributed by atoms with Crippen LogP contribution in [-0.4, -0.2) is 50.7 Å². The van der Waals surface area contributed by atoms with Crippen LogP contribution in [-0.2, 0) is 30.1 Å². The summed E-state index contributed by atoms with van der Waals surface area (Å²) in [6, 6.07) is 8.26. The summed E-state index contributed by atoms with van der Waals surface area (Å²) in [7, 11) is -13.1. The van der Waals surface area contributed by atoms with E-state index in [0.717, 1.165) is 41.9 Å². The van der Waals surface area contributed by atoms with Gasteiger partial charge in [0.05, 0.1) is 20.8 Å². The molecule has 0 saturated carbocycles. The maximum absolute atomic E-state index is 11.9. The van der Waals surface area contributed by atoms with Gasteiger partial charge >= 0.3 is 0 Å². The number of rotatable bonds is 5. The van der Waals surface area contributed by atoms with Crippen molar-refractivity contribution in [1.29, 1.82) is 0 Å². The average molecular weight is 544 g/mol. The minimum atomic E-state index is -4.95. The number of aromatic nitrogens is 1. The Balaban J connectivity index is 1.87. The van der Waals surface area contributed by atoms with Crippen molar-refractivity contribution < 1.29 is 39.5 Å². The zero-order valence-corrected chi connectivity index (χ0v) is 20.1. The number of benzene rings is 3. The van der Waals surface area contributed by atoms with Gasteiger partial charge in [-0.3, -0.25) is 9.11 Å². The maximum atomic E-state index is 11.9. The van der Waals surface area contributed by atoms with E-state index in [0.29, 0.717) is 10.2 Å². The van der Waals surface area contributed by atoms with Crippen molar-refractivity contribution in [1.82, 2.24) is 4.98 Å². The summed E-state index contributed by atoms with van der Waals surface area (Å²) >= 11 is 0.900. The van der Waals surface area contributed by atoms with Crippen molar-refractivity contribution in [3.05, 3.63) is 42.5 Å². The molecule has 0 amide bonds. The van der Waals surface area contributed by atoms with Gasteiger partial charge in [0.1, 0.15) is 10.6 Å². The van der Waals surface area contributed by atoms with Gasteiger partial charge < -0.3 is 5.11 Å². The highest BCUT2D eigenvalue weighted by molar-refractivity contribution is 7.92. The Morgan fingerprint density at radius 1 is 0.882 bits per heavy atom. The van der Waals surface area contributed by atoms with E-state index in [9.17, 15) is 39.5 Å². The monoisotopic (exact) mass is 543 g/mol. The van der Waals surface area contributed by atoms with Gasteiger partial charge in [0.15, 0.2) is 5.75 Å². The Bertz CT molecular complexity index is 1840. The Morgan fingerprint density at radius 2 is 1.59 bits per heavy atom. The number of phenols is 1. The van der Waals surface area contributed by atoms with E-state index in [-0.39, 0.29) is 20.8 Å². The molecule has 3 aromatic carbocycles. The number of hydrogen-bond acceptors (Lipinski definition) is 11. The van der Waals surface area contributed by atoms with Crippen molar-refractivity contribution in [2.45, 2.75) is 14.1 Å². The third kappa shape index (κ3) is 4.63. The lowest BCUT2D eigenvalue weighted by Crippen LogP contribution is -2.00. The van der Waals surface area contributed by atoms with Crippen LogP contribution >= 0.6 is 11.3 Å². The molecular weight excluding hydrogens is 530 g/mol. The highest BCUT2D eigenvalue weighted by Gasteiger charge is 2.23. The topological polar surface area (TPSA) is 201 Å². The molecule has 16 heteroatoms. The number of thiazole rings is 1. The summed E-state index contributed by atoms with van der Waals surface area (Å²) in [5.41, 5.74) is -0.0549. The molecule has 34 heavy (non-hydrogen) atoms. The van der Waals surface area contributed by atoms with Crippen molar-refractivity contribution in [3.8, 4) is 5.75 Å². The molecule has 0 spiro atoms. The Kier molecular flexibility index (Phi) is 5.70. The molecule has 4 rings (SSSR count). The fraction of sp³-hybridized carbons (Fsp3) is 0.0556. The molecule has 0 aliphatic rings. The first-order valence-electron chi connectivity index (χ1n) is 8.92. The van der Waals surface area contributed by atoms with Gasteiger partial charge in [0, 0.05) is 11.6 Å². The highest BCUT2D eigenvalue weighted by atomic mass is 32.2. The van der Waals surface area contributed by atoms with Crippen LogP contribution in [0.25, 0.3) is 21.0 Å². The number of nitrogens with zero attached hydrogens (tertiary/aromatic N) is 3. The lowest BCUT2D eigenvalue weighted by atomic mass is 10.1. The molecule has 0 radical (unpaired) electrons. The summed E-state index contributed by atoms with van der Waals surface area (Å²) in [4.78, 5) is 2.60. The summed E-state index contributed by atoms with van der Waals surface area (Å²) in [6.45, 7) is 0. The number of sulfone groups is 1. The molecule has 0 bridgehead atoms. The van der Waals surface area contributed by atoms with Crippen LogP contribution in [0.5, 0.6) is 5.75 Å². The minimum absolute atomic E-state index is 0.0237. The van der Waals surface area contributed by atoms with Crippen molar-refractivity contribution >= 4 is 73.8 Å². The predicted molar refractivity (Wildman–Crippen MR) is 122 cm³/mol. The fourth-order valence-corrected chi connectivity index (χ4v) is 6.05. The van der Waals surface area contributed by atoms with Crippen LogP contribution in [0.1, 0.15) is 0 Å². The molecule has 0 fully saturated rings. The van der Waals surface area contributed by atoms with Crippen LogP contribution in [0, 0.1) is 0 Å². The van der Waals surface area contributed by atoms with Crippen LogP contribution in [0.3, 0.4) is 0 Å². The first-order chi connectivity index (χ1) is 15.6. The first kappa shape index (κ1) is 24.1. The van der Waals surface area contributed by atoms with Crippen molar-refractivity contribution in [2.24, 2.45) is 10.2 Å². The lowest BCUT2D eigenvalue weighted by molar-refractivity contribution is 0.472. The normalized spacial score (nSPS) is 13.3. The van der Waals surface area contributed by atoms with Gasteiger partial charge in [-0.05, 0) is 47.9 Å². The Hall–Kier alpha value is -3.02. The molecule has 3 N–H and O–H groups in total. The van der Waals surface area contributed by atoms with E-state index in [1.165, 1.54) is 18.2 Å². The van der Waals surface area contributed by atoms with E-state index in [4.69, 9.17) is 0 Å². The SMILES string of the molecule is CS(=O)(=O)c1nc2ccc(N=Nc3c(S(=O)(=O)O)cc4cc(S(=O)(=O)O)ccc4c3O)cc2s1. The quantitative estimate of drug-likeness (QED) is 0.247. The summed E-state index contributed by atoms with van der Waals surface area (Å²) in [6.07, 6.45) is 1.02. The highest BCUT2D eigenvalue weighted by Crippen LogP contribution is 2.42. The minimum Gasteiger partial charge on any atom is -0.505 e. The molecule has 0 saturated heterocycles.